The Kier molecular flexibility index (Phi) is 4.23. The predicted molar refractivity (Wildman–Crippen MR) is 111 cm³/mol. The van der Waals surface area contributed by atoms with Crippen molar-refractivity contribution in [2.75, 3.05) is 0 Å². The molecule has 1 aliphatic heterocycles. The molecule has 0 aliphatic carbocycles. The third-order valence-corrected chi connectivity index (χ3v) is 5.02. The molecule has 0 N–H and O–H groups in total. The average molecular weight is 353 g/mol. The molecule has 4 rings (SSSR count). The summed E-state index contributed by atoms with van der Waals surface area (Å²) in [5.74, 6) is 0. The minimum Gasteiger partial charge on any atom is -0.231 e. The molecular formula is C24H23N3. The summed E-state index contributed by atoms with van der Waals surface area (Å²) >= 11 is 0. The topological polar surface area (TPSA) is 37.1 Å². The van der Waals surface area contributed by atoms with E-state index >= 15 is 0 Å². The highest BCUT2D eigenvalue weighted by Crippen LogP contribution is 2.40. The van der Waals surface area contributed by atoms with Crippen LogP contribution in [0.3, 0.4) is 0 Å². The highest BCUT2D eigenvalue weighted by molar-refractivity contribution is 5.65. The monoisotopic (exact) mass is 353 g/mol. The third-order valence-electron chi connectivity index (χ3n) is 5.02. The lowest BCUT2D eigenvalue weighted by Crippen LogP contribution is -2.22. The van der Waals surface area contributed by atoms with Gasteiger partial charge in [0.15, 0.2) is 0 Å². The molecule has 134 valence electrons. The van der Waals surface area contributed by atoms with Crippen LogP contribution >= 0.6 is 0 Å². The summed E-state index contributed by atoms with van der Waals surface area (Å²) < 4.78 is 0. The Bertz CT molecular complexity index is 982. The summed E-state index contributed by atoms with van der Waals surface area (Å²) in [5, 5.41) is 8.63. The van der Waals surface area contributed by atoms with Crippen molar-refractivity contribution in [3.8, 4) is 11.1 Å². The molecule has 0 aromatic heterocycles. The molecule has 3 heteroatoms. The van der Waals surface area contributed by atoms with Gasteiger partial charge in [0.25, 0.3) is 0 Å². The molecule has 0 radical (unpaired) electrons. The smallest absolute Gasteiger partial charge is 0.223 e. The van der Waals surface area contributed by atoms with Crippen LogP contribution in [0.2, 0.25) is 0 Å². The molecule has 3 nitrogen and oxygen atoms in total. The van der Waals surface area contributed by atoms with E-state index in [0.717, 1.165) is 11.1 Å². The molecular weight excluding hydrogens is 330 g/mol. The van der Waals surface area contributed by atoms with Crippen LogP contribution in [-0.2, 0) is 11.1 Å². The molecule has 0 amide bonds. The number of nitrogens with zero attached hydrogens (tertiary/aromatic N) is 3. The van der Waals surface area contributed by atoms with Gasteiger partial charge in [-0.3, -0.25) is 0 Å². The van der Waals surface area contributed by atoms with Crippen LogP contribution in [0.25, 0.3) is 11.1 Å². The summed E-state index contributed by atoms with van der Waals surface area (Å²) in [7, 11) is 0. The van der Waals surface area contributed by atoms with Crippen molar-refractivity contribution in [2.45, 2.75) is 31.8 Å². The van der Waals surface area contributed by atoms with Crippen LogP contribution in [-0.4, -0.2) is 6.34 Å². The highest BCUT2D eigenvalue weighted by atomic mass is 15.3. The average Bonchev–Trinajstić information content (AvgIpc) is 3.19. The Morgan fingerprint density at radius 3 is 2.04 bits per heavy atom. The number of benzene rings is 3. The summed E-state index contributed by atoms with van der Waals surface area (Å²) in [6, 6.07) is 27.4. The molecule has 3 aromatic carbocycles. The van der Waals surface area contributed by atoms with Crippen molar-refractivity contribution in [1.29, 1.82) is 0 Å². The molecule has 1 unspecified atom stereocenters. The first-order chi connectivity index (χ1) is 13.0. The lowest BCUT2D eigenvalue weighted by atomic mass is 9.83. The van der Waals surface area contributed by atoms with E-state index in [4.69, 9.17) is 0 Å². The molecule has 1 atom stereocenters. The van der Waals surface area contributed by atoms with Crippen LogP contribution in [0.5, 0.6) is 0 Å². The predicted octanol–water partition coefficient (Wildman–Crippen LogP) is 6.35. The molecule has 0 fully saturated rings. The number of hydrogen-bond donors (Lipinski definition) is 0. The molecule has 0 bridgehead atoms. The van der Waals surface area contributed by atoms with Crippen molar-refractivity contribution in [2.24, 2.45) is 15.2 Å². The zero-order valence-electron chi connectivity index (χ0n) is 15.9. The van der Waals surface area contributed by atoms with Gasteiger partial charge in [0.2, 0.25) is 5.66 Å². The molecule has 0 saturated heterocycles. The first-order valence-electron chi connectivity index (χ1n) is 9.22. The van der Waals surface area contributed by atoms with Crippen molar-refractivity contribution >= 4 is 6.34 Å². The zero-order valence-corrected chi connectivity index (χ0v) is 15.9. The molecule has 27 heavy (non-hydrogen) atoms. The third kappa shape index (κ3) is 3.21. The standard InChI is InChI=1S/C24H23N3/c1-23(2,3)21-10-7-11-22(16-21)24(25-17-26-27-24)20-14-12-19(13-15-20)18-8-5-4-6-9-18/h4-17H,1-3H3. The minimum absolute atomic E-state index is 0.0633. The zero-order chi connectivity index (χ0) is 18.9. The number of hydrogen-bond acceptors (Lipinski definition) is 3. The van der Waals surface area contributed by atoms with E-state index < -0.39 is 5.66 Å². The quantitative estimate of drug-likeness (QED) is 0.526. The van der Waals surface area contributed by atoms with Gasteiger partial charge in [-0.1, -0.05) is 99.6 Å². The van der Waals surface area contributed by atoms with Gasteiger partial charge < -0.3 is 0 Å². The summed E-state index contributed by atoms with van der Waals surface area (Å²) in [5.41, 5.74) is 4.97. The Hall–Kier alpha value is -3.07. The Morgan fingerprint density at radius 2 is 1.41 bits per heavy atom. The summed E-state index contributed by atoms with van der Waals surface area (Å²) in [4.78, 5) is 4.67. The fourth-order valence-electron chi connectivity index (χ4n) is 3.40. The van der Waals surface area contributed by atoms with Gasteiger partial charge in [-0.05, 0) is 22.1 Å². The maximum absolute atomic E-state index is 4.67. The van der Waals surface area contributed by atoms with E-state index in [0.29, 0.717) is 0 Å². The maximum Gasteiger partial charge on any atom is 0.223 e. The summed E-state index contributed by atoms with van der Waals surface area (Å²) in [6.45, 7) is 6.65. The SMILES string of the molecule is CC(C)(C)c1cccc(C2(c3ccc(-c4ccccc4)cc3)N=CN=N2)c1. The normalized spacial score (nSPS) is 18.8. The first-order valence-corrected chi connectivity index (χ1v) is 9.22. The van der Waals surface area contributed by atoms with Gasteiger partial charge >= 0.3 is 0 Å². The molecule has 1 heterocycles. The lowest BCUT2D eigenvalue weighted by molar-refractivity contribution is 0.558. The Labute approximate surface area is 160 Å². The largest absolute Gasteiger partial charge is 0.231 e. The van der Waals surface area contributed by atoms with Crippen LogP contribution < -0.4 is 0 Å². The van der Waals surface area contributed by atoms with Crippen molar-refractivity contribution in [3.05, 3.63) is 95.6 Å². The van der Waals surface area contributed by atoms with Crippen LogP contribution in [0.4, 0.5) is 0 Å². The number of rotatable bonds is 3. The van der Waals surface area contributed by atoms with E-state index in [1.807, 2.05) is 6.07 Å². The van der Waals surface area contributed by atoms with Gasteiger partial charge in [0, 0.05) is 11.1 Å². The van der Waals surface area contributed by atoms with Crippen molar-refractivity contribution < 1.29 is 0 Å². The lowest BCUT2D eigenvalue weighted by Gasteiger charge is -2.26. The highest BCUT2D eigenvalue weighted by Gasteiger charge is 2.36. The second-order valence-electron chi connectivity index (χ2n) is 7.91. The van der Waals surface area contributed by atoms with E-state index in [1.165, 1.54) is 16.7 Å². The maximum atomic E-state index is 4.67. The van der Waals surface area contributed by atoms with E-state index in [9.17, 15) is 0 Å². The van der Waals surface area contributed by atoms with Gasteiger partial charge in [0.1, 0.15) is 6.34 Å². The van der Waals surface area contributed by atoms with Gasteiger partial charge in [-0.2, -0.15) is 0 Å². The van der Waals surface area contributed by atoms with Crippen molar-refractivity contribution in [1.82, 2.24) is 0 Å². The van der Waals surface area contributed by atoms with Crippen LogP contribution in [0, 0.1) is 0 Å². The van der Waals surface area contributed by atoms with E-state index in [2.05, 4.69) is 109 Å². The molecule has 3 aromatic rings. The molecule has 0 saturated carbocycles. The molecule has 0 spiro atoms. The van der Waals surface area contributed by atoms with Gasteiger partial charge in [0.05, 0.1) is 0 Å². The second kappa shape index (κ2) is 6.58. The van der Waals surface area contributed by atoms with Gasteiger partial charge in [-0.25, -0.2) is 4.99 Å². The van der Waals surface area contributed by atoms with E-state index in [-0.39, 0.29) is 5.41 Å². The molecule has 1 aliphatic rings. The fourth-order valence-corrected chi connectivity index (χ4v) is 3.40. The van der Waals surface area contributed by atoms with Crippen molar-refractivity contribution in [3.63, 3.8) is 0 Å². The minimum atomic E-state index is -0.795. The fraction of sp³-hybridized carbons (Fsp3) is 0.208. The Morgan fingerprint density at radius 1 is 0.704 bits per heavy atom. The number of aliphatic imine (C=N–C) groups is 1. The second-order valence-corrected chi connectivity index (χ2v) is 7.91. The first kappa shape index (κ1) is 17.3. The number of azo groups is 1. The van der Waals surface area contributed by atoms with E-state index in [1.54, 1.807) is 6.34 Å². The van der Waals surface area contributed by atoms with Crippen LogP contribution in [0.1, 0.15) is 37.5 Å². The van der Waals surface area contributed by atoms with Gasteiger partial charge in [-0.15, -0.1) is 10.2 Å². The van der Waals surface area contributed by atoms with Crippen LogP contribution in [0.15, 0.2) is 94.1 Å². The summed E-state index contributed by atoms with van der Waals surface area (Å²) in [6.07, 6.45) is 1.55. The Balaban J connectivity index is 1.78.